The van der Waals surface area contributed by atoms with E-state index in [1.54, 1.807) is 0 Å². The van der Waals surface area contributed by atoms with Gasteiger partial charge < -0.3 is 15.1 Å². The number of carbonyl (C=O) groups excluding carboxylic acids is 2. The van der Waals surface area contributed by atoms with Gasteiger partial charge >= 0.3 is 0 Å². The Kier molecular flexibility index (Phi) is 5.56. The highest BCUT2D eigenvalue weighted by Crippen LogP contribution is 2.38. The highest BCUT2D eigenvalue weighted by Gasteiger charge is 2.30. The molecule has 29 heavy (non-hydrogen) atoms. The minimum Gasteiger partial charge on any atom is -0.361 e. The number of nitrogens with one attached hydrogen (secondary N) is 1. The Morgan fingerprint density at radius 2 is 1.93 bits per heavy atom. The van der Waals surface area contributed by atoms with Crippen molar-refractivity contribution in [1.82, 2.24) is 4.90 Å². The predicted molar refractivity (Wildman–Crippen MR) is 116 cm³/mol. The molecule has 0 aliphatic carbocycles. The van der Waals surface area contributed by atoms with Crippen molar-refractivity contribution in [3.63, 3.8) is 0 Å². The van der Waals surface area contributed by atoms with Crippen molar-refractivity contribution in [1.29, 1.82) is 0 Å². The summed E-state index contributed by atoms with van der Waals surface area (Å²) < 4.78 is 0. The van der Waals surface area contributed by atoms with E-state index in [9.17, 15) is 9.59 Å². The number of hydrogen-bond donors (Lipinski definition) is 1. The van der Waals surface area contributed by atoms with Crippen LogP contribution in [0.4, 0.5) is 11.4 Å². The summed E-state index contributed by atoms with van der Waals surface area (Å²) in [6.45, 7) is 6.97. The molecule has 1 fully saturated rings. The average molecular weight is 392 g/mol. The average Bonchev–Trinajstić information content (AvgIpc) is 3.26. The molecule has 2 amide bonds. The Balaban J connectivity index is 1.40. The number of likely N-dealkylation sites (tertiary alicyclic amines) is 1. The Labute approximate surface area is 172 Å². The predicted octanol–water partition coefficient (Wildman–Crippen LogP) is 3.86. The molecule has 1 unspecified atom stereocenters. The van der Waals surface area contributed by atoms with Crippen molar-refractivity contribution >= 4 is 23.2 Å². The largest absolute Gasteiger partial charge is 0.361 e. The molecule has 0 spiro atoms. The highest BCUT2D eigenvalue weighted by molar-refractivity contribution is 5.94. The molecule has 0 saturated carbocycles. The third kappa shape index (κ3) is 4.29. The van der Waals surface area contributed by atoms with E-state index >= 15 is 0 Å². The second-order valence-electron chi connectivity index (χ2n) is 8.26. The SMILES string of the molecule is Cc1ccc(NC(=O)CN2CC(CCN3CCCC3=O)c3ccccc32)cc1C. The van der Waals surface area contributed by atoms with Gasteiger partial charge in [0.15, 0.2) is 0 Å². The van der Waals surface area contributed by atoms with E-state index in [1.165, 1.54) is 16.7 Å². The zero-order valence-electron chi connectivity index (χ0n) is 17.3. The van der Waals surface area contributed by atoms with Gasteiger partial charge in [-0.3, -0.25) is 9.59 Å². The number of nitrogens with zero attached hydrogens (tertiary/aromatic N) is 2. The molecule has 0 bridgehead atoms. The summed E-state index contributed by atoms with van der Waals surface area (Å²) in [4.78, 5) is 28.8. The minimum atomic E-state index is -0.00146. The number of carbonyl (C=O) groups is 2. The number of rotatable bonds is 6. The molecule has 2 aromatic carbocycles. The maximum atomic E-state index is 12.7. The van der Waals surface area contributed by atoms with Crippen LogP contribution in [-0.4, -0.2) is 42.9 Å². The molecule has 5 heteroatoms. The number of amides is 2. The number of benzene rings is 2. The second-order valence-corrected chi connectivity index (χ2v) is 8.26. The van der Waals surface area contributed by atoms with Gasteiger partial charge in [0, 0.05) is 43.3 Å². The molecule has 2 heterocycles. The van der Waals surface area contributed by atoms with Gasteiger partial charge in [0.05, 0.1) is 6.54 Å². The summed E-state index contributed by atoms with van der Waals surface area (Å²) in [5.41, 5.74) is 5.66. The zero-order chi connectivity index (χ0) is 20.4. The fraction of sp³-hybridized carbons (Fsp3) is 0.417. The van der Waals surface area contributed by atoms with Gasteiger partial charge in [-0.25, -0.2) is 0 Å². The molecule has 152 valence electrons. The van der Waals surface area contributed by atoms with Crippen LogP contribution in [0.25, 0.3) is 0 Å². The van der Waals surface area contributed by atoms with Crippen LogP contribution in [-0.2, 0) is 9.59 Å². The molecule has 2 aliphatic heterocycles. The maximum Gasteiger partial charge on any atom is 0.243 e. The van der Waals surface area contributed by atoms with Crippen LogP contribution < -0.4 is 10.2 Å². The van der Waals surface area contributed by atoms with Crippen LogP contribution in [0, 0.1) is 13.8 Å². The molecule has 5 nitrogen and oxygen atoms in total. The third-order valence-corrected chi connectivity index (χ3v) is 6.20. The topological polar surface area (TPSA) is 52.7 Å². The van der Waals surface area contributed by atoms with E-state index in [-0.39, 0.29) is 11.8 Å². The lowest BCUT2D eigenvalue weighted by molar-refractivity contribution is -0.127. The van der Waals surface area contributed by atoms with Crippen molar-refractivity contribution in [3.05, 3.63) is 59.2 Å². The molecule has 1 N–H and O–H groups in total. The molecular weight excluding hydrogens is 362 g/mol. The monoisotopic (exact) mass is 391 g/mol. The van der Waals surface area contributed by atoms with E-state index in [2.05, 4.69) is 42.3 Å². The van der Waals surface area contributed by atoms with Crippen molar-refractivity contribution < 1.29 is 9.59 Å². The fourth-order valence-electron chi connectivity index (χ4n) is 4.43. The van der Waals surface area contributed by atoms with Crippen LogP contribution in [0.2, 0.25) is 0 Å². The number of para-hydroxylation sites is 1. The number of fused-ring (bicyclic) bond motifs is 1. The maximum absolute atomic E-state index is 12.7. The van der Waals surface area contributed by atoms with Crippen molar-refractivity contribution in [2.75, 3.05) is 36.4 Å². The lowest BCUT2D eigenvalue weighted by atomic mass is 9.98. The van der Waals surface area contributed by atoms with E-state index in [1.807, 2.05) is 29.2 Å². The first kappa shape index (κ1) is 19.5. The van der Waals surface area contributed by atoms with Crippen molar-refractivity contribution in [2.45, 2.75) is 39.0 Å². The van der Waals surface area contributed by atoms with Crippen LogP contribution in [0.5, 0.6) is 0 Å². The molecule has 1 saturated heterocycles. The third-order valence-electron chi connectivity index (χ3n) is 6.20. The van der Waals surface area contributed by atoms with Gasteiger partial charge in [0.25, 0.3) is 0 Å². The Bertz CT molecular complexity index is 924. The van der Waals surface area contributed by atoms with Crippen LogP contribution in [0.3, 0.4) is 0 Å². The molecule has 2 aliphatic rings. The van der Waals surface area contributed by atoms with Crippen LogP contribution >= 0.6 is 0 Å². The second kappa shape index (κ2) is 8.27. The summed E-state index contributed by atoms with van der Waals surface area (Å²) in [6, 6.07) is 14.3. The molecule has 4 rings (SSSR count). The van der Waals surface area contributed by atoms with E-state index in [0.717, 1.165) is 43.9 Å². The minimum absolute atomic E-state index is 0.00146. The van der Waals surface area contributed by atoms with Crippen LogP contribution in [0.1, 0.15) is 41.9 Å². The lowest BCUT2D eigenvalue weighted by Gasteiger charge is -2.21. The summed E-state index contributed by atoms with van der Waals surface area (Å²) >= 11 is 0. The fourth-order valence-corrected chi connectivity index (χ4v) is 4.43. The first-order valence-corrected chi connectivity index (χ1v) is 10.5. The summed E-state index contributed by atoms with van der Waals surface area (Å²) in [7, 11) is 0. The summed E-state index contributed by atoms with van der Waals surface area (Å²) in [5.74, 6) is 0.633. The zero-order valence-corrected chi connectivity index (χ0v) is 17.3. The van der Waals surface area contributed by atoms with Gasteiger partial charge in [-0.05, 0) is 61.6 Å². The Morgan fingerprint density at radius 1 is 1.10 bits per heavy atom. The molecular formula is C24H29N3O2. The highest BCUT2D eigenvalue weighted by atomic mass is 16.2. The smallest absolute Gasteiger partial charge is 0.243 e. The quantitative estimate of drug-likeness (QED) is 0.814. The molecule has 2 aromatic rings. The van der Waals surface area contributed by atoms with E-state index in [0.29, 0.717) is 18.9 Å². The molecule has 1 atom stereocenters. The van der Waals surface area contributed by atoms with Gasteiger partial charge in [-0.1, -0.05) is 24.3 Å². The number of anilines is 2. The molecule has 0 aromatic heterocycles. The van der Waals surface area contributed by atoms with Crippen molar-refractivity contribution in [2.24, 2.45) is 0 Å². The van der Waals surface area contributed by atoms with E-state index in [4.69, 9.17) is 0 Å². The van der Waals surface area contributed by atoms with Gasteiger partial charge in [0.2, 0.25) is 11.8 Å². The first-order valence-electron chi connectivity index (χ1n) is 10.5. The van der Waals surface area contributed by atoms with Crippen LogP contribution in [0.15, 0.2) is 42.5 Å². The molecule has 0 radical (unpaired) electrons. The van der Waals surface area contributed by atoms with Gasteiger partial charge in [0.1, 0.15) is 0 Å². The Hall–Kier alpha value is -2.82. The number of hydrogen-bond acceptors (Lipinski definition) is 3. The van der Waals surface area contributed by atoms with E-state index < -0.39 is 0 Å². The Morgan fingerprint density at radius 3 is 2.69 bits per heavy atom. The van der Waals surface area contributed by atoms with Gasteiger partial charge in [-0.2, -0.15) is 0 Å². The normalized spacial score (nSPS) is 18.3. The number of aryl methyl sites for hydroxylation is 2. The van der Waals surface area contributed by atoms with Crippen molar-refractivity contribution in [3.8, 4) is 0 Å². The summed E-state index contributed by atoms with van der Waals surface area (Å²) in [5, 5.41) is 3.03. The lowest BCUT2D eigenvalue weighted by Crippen LogP contribution is -2.33. The van der Waals surface area contributed by atoms with Gasteiger partial charge in [-0.15, -0.1) is 0 Å². The summed E-state index contributed by atoms with van der Waals surface area (Å²) in [6.07, 6.45) is 2.61. The standard InChI is InChI=1S/C24H29N3O2/c1-17-9-10-20(14-18(17)2)25-23(28)16-27-15-19(21-6-3-4-7-22(21)27)11-13-26-12-5-8-24(26)29/h3-4,6-7,9-10,14,19H,5,8,11-13,15-16H2,1-2H3,(H,25,28). The first-order chi connectivity index (χ1) is 14.0.